The molecule has 5 amide bonds. The number of carbonyl (C=O) groups is 4. The molecule has 2 aliphatic rings. The highest BCUT2D eigenvalue weighted by Crippen LogP contribution is 2.40. The molecule has 4 rings (SSSR count). The fourth-order valence-corrected chi connectivity index (χ4v) is 5.19. The average Bonchev–Trinajstić information content (AvgIpc) is 3.08. The summed E-state index contributed by atoms with van der Waals surface area (Å²) in [5.41, 5.74) is 0.300. The molecule has 9 heteroatoms. The summed E-state index contributed by atoms with van der Waals surface area (Å²) in [6, 6.07) is 12.2. The van der Waals surface area contributed by atoms with E-state index in [9.17, 15) is 23.6 Å². The van der Waals surface area contributed by atoms with Crippen molar-refractivity contribution >= 4 is 29.4 Å². The van der Waals surface area contributed by atoms with Crippen LogP contribution in [-0.2, 0) is 16.0 Å². The highest BCUT2D eigenvalue weighted by molar-refractivity contribution is 6.16. The van der Waals surface area contributed by atoms with Crippen molar-refractivity contribution in [3.05, 3.63) is 65.5 Å². The van der Waals surface area contributed by atoms with Crippen molar-refractivity contribution in [1.82, 2.24) is 15.1 Å². The number of piperidine rings is 1. The standard InChI is InChI=1S/C28H33FN4O4/c1-5-19-11-12-22(29)21(17-19)24(34)30-23(18(2)3)25(35)32-15-13-28(14-16-32)26(36)31(4)27(37)33(28)20-9-7-6-8-10-20/h6-12,17-18,23H,5,13-16H2,1-4H3,(H,30,34). The first-order valence-electron chi connectivity index (χ1n) is 12.7. The number of likely N-dealkylation sites (tertiary alicyclic amines) is 1. The number of amides is 5. The predicted octanol–water partition coefficient (Wildman–Crippen LogP) is 3.60. The SMILES string of the molecule is CCc1ccc(F)c(C(=O)NC(C(=O)N2CCC3(CC2)C(=O)N(C)C(=O)N3c2ccccc2)C(C)C)c1. The molecule has 2 aromatic carbocycles. The maximum Gasteiger partial charge on any atom is 0.331 e. The first-order chi connectivity index (χ1) is 17.6. The van der Waals surface area contributed by atoms with Crippen LogP contribution in [0.1, 0.15) is 49.5 Å². The minimum atomic E-state index is -1.07. The zero-order chi connectivity index (χ0) is 26.9. The van der Waals surface area contributed by atoms with Gasteiger partial charge in [0.1, 0.15) is 17.4 Å². The maximum atomic E-state index is 14.4. The number of nitrogens with one attached hydrogen (secondary N) is 1. The van der Waals surface area contributed by atoms with Gasteiger partial charge in [0.2, 0.25) is 5.91 Å². The number of hydrogen-bond acceptors (Lipinski definition) is 4. The molecule has 2 heterocycles. The van der Waals surface area contributed by atoms with Crippen LogP contribution in [0.4, 0.5) is 14.9 Å². The molecule has 37 heavy (non-hydrogen) atoms. The lowest BCUT2D eigenvalue weighted by molar-refractivity contribution is -0.139. The van der Waals surface area contributed by atoms with Crippen molar-refractivity contribution < 1.29 is 23.6 Å². The molecule has 0 saturated carbocycles. The molecule has 2 fully saturated rings. The van der Waals surface area contributed by atoms with Crippen LogP contribution in [0.15, 0.2) is 48.5 Å². The van der Waals surface area contributed by atoms with Crippen LogP contribution in [0.25, 0.3) is 0 Å². The molecule has 1 atom stereocenters. The number of likely N-dealkylation sites (N-methyl/N-ethyl adjacent to an activating group) is 1. The van der Waals surface area contributed by atoms with Crippen molar-refractivity contribution in [2.75, 3.05) is 25.0 Å². The van der Waals surface area contributed by atoms with E-state index in [0.29, 0.717) is 12.1 Å². The van der Waals surface area contributed by atoms with Gasteiger partial charge in [-0.15, -0.1) is 0 Å². The van der Waals surface area contributed by atoms with E-state index in [4.69, 9.17) is 0 Å². The van der Waals surface area contributed by atoms with Gasteiger partial charge in [-0.2, -0.15) is 0 Å². The van der Waals surface area contributed by atoms with Crippen LogP contribution in [0.3, 0.4) is 0 Å². The minimum absolute atomic E-state index is 0.0907. The Labute approximate surface area is 216 Å². The fraction of sp³-hybridized carbons (Fsp3) is 0.429. The Bertz CT molecular complexity index is 1210. The Morgan fingerprint density at radius 1 is 1.05 bits per heavy atom. The Kier molecular flexibility index (Phi) is 7.34. The second kappa shape index (κ2) is 10.3. The van der Waals surface area contributed by atoms with Gasteiger partial charge >= 0.3 is 6.03 Å². The zero-order valence-electron chi connectivity index (χ0n) is 21.7. The van der Waals surface area contributed by atoms with E-state index in [2.05, 4.69) is 5.32 Å². The van der Waals surface area contributed by atoms with Gasteiger partial charge < -0.3 is 10.2 Å². The normalized spacial score (nSPS) is 18.1. The molecule has 0 aromatic heterocycles. The Hall–Kier alpha value is -3.75. The largest absolute Gasteiger partial charge is 0.341 e. The number of aryl methyl sites for hydroxylation is 1. The Morgan fingerprint density at radius 2 is 1.70 bits per heavy atom. The van der Waals surface area contributed by atoms with E-state index in [1.54, 1.807) is 28.0 Å². The number of anilines is 1. The predicted molar refractivity (Wildman–Crippen MR) is 138 cm³/mol. The number of imide groups is 1. The molecule has 1 spiro atoms. The lowest BCUT2D eigenvalue weighted by atomic mass is 9.85. The summed E-state index contributed by atoms with van der Waals surface area (Å²) in [5, 5.41) is 2.73. The highest BCUT2D eigenvalue weighted by atomic mass is 19.1. The molecule has 1 unspecified atom stereocenters. The highest BCUT2D eigenvalue weighted by Gasteiger charge is 2.58. The summed E-state index contributed by atoms with van der Waals surface area (Å²) >= 11 is 0. The monoisotopic (exact) mass is 508 g/mol. The number of carbonyl (C=O) groups excluding carboxylic acids is 4. The van der Waals surface area contributed by atoms with Gasteiger partial charge in [-0.05, 0) is 55.0 Å². The van der Waals surface area contributed by atoms with Crippen LogP contribution in [0.5, 0.6) is 0 Å². The number of benzene rings is 2. The molecule has 196 valence electrons. The minimum Gasteiger partial charge on any atom is -0.341 e. The van der Waals surface area contributed by atoms with Crippen LogP contribution in [0.2, 0.25) is 0 Å². The van der Waals surface area contributed by atoms with Gasteiger partial charge in [0.15, 0.2) is 0 Å². The third-order valence-electron chi connectivity index (χ3n) is 7.43. The zero-order valence-corrected chi connectivity index (χ0v) is 21.7. The lowest BCUT2D eigenvalue weighted by Gasteiger charge is -2.43. The summed E-state index contributed by atoms with van der Waals surface area (Å²) in [6.45, 7) is 6.04. The topological polar surface area (TPSA) is 90.0 Å². The smallest absolute Gasteiger partial charge is 0.331 e. The third kappa shape index (κ3) is 4.70. The first-order valence-corrected chi connectivity index (χ1v) is 12.7. The molecule has 2 aliphatic heterocycles. The molecular formula is C28H33FN4O4. The van der Waals surface area contributed by atoms with Gasteiger partial charge in [0.25, 0.3) is 11.8 Å². The lowest BCUT2D eigenvalue weighted by Crippen LogP contribution is -2.60. The average molecular weight is 509 g/mol. The van der Waals surface area contributed by atoms with E-state index in [0.717, 1.165) is 10.5 Å². The Morgan fingerprint density at radius 3 is 2.30 bits per heavy atom. The maximum absolute atomic E-state index is 14.4. The van der Waals surface area contributed by atoms with Crippen LogP contribution < -0.4 is 10.2 Å². The first kappa shape index (κ1) is 26.3. The summed E-state index contributed by atoms with van der Waals surface area (Å²) in [6.07, 6.45) is 1.20. The second-order valence-electron chi connectivity index (χ2n) is 10.0. The number of para-hydroxylation sites is 1. The second-order valence-corrected chi connectivity index (χ2v) is 10.0. The quantitative estimate of drug-likeness (QED) is 0.604. The van der Waals surface area contributed by atoms with Crippen LogP contribution >= 0.6 is 0 Å². The fourth-order valence-electron chi connectivity index (χ4n) is 5.19. The Balaban J connectivity index is 1.52. The number of rotatable bonds is 6. The molecule has 0 aliphatic carbocycles. The molecule has 2 aromatic rings. The summed E-state index contributed by atoms with van der Waals surface area (Å²) in [4.78, 5) is 57.0. The van der Waals surface area contributed by atoms with Gasteiger partial charge in [-0.3, -0.25) is 24.2 Å². The molecule has 0 radical (unpaired) electrons. The van der Waals surface area contributed by atoms with Crippen molar-refractivity contribution in [2.24, 2.45) is 5.92 Å². The van der Waals surface area contributed by atoms with Crippen molar-refractivity contribution in [2.45, 2.75) is 51.6 Å². The van der Waals surface area contributed by atoms with E-state index in [1.165, 1.54) is 19.2 Å². The molecular weight excluding hydrogens is 475 g/mol. The third-order valence-corrected chi connectivity index (χ3v) is 7.43. The number of urea groups is 1. The number of hydrogen-bond donors (Lipinski definition) is 1. The molecule has 1 N–H and O–H groups in total. The van der Waals surface area contributed by atoms with Crippen LogP contribution in [-0.4, -0.2) is 65.3 Å². The van der Waals surface area contributed by atoms with Gasteiger partial charge in [-0.1, -0.05) is 45.0 Å². The summed E-state index contributed by atoms with van der Waals surface area (Å²) < 4.78 is 14.4. The molecule has 8 nitrogen and oxygen atoms in total. The van der Waals surface area contributed by atoms with Gasteiger partial charge in [-0.25, -0.2) is 9.18 Å². The van der Waals surface area contributed by atoms with Gasteiger partial charge in [0, 0.05) is 25.8 Å². The van der Waals surface area contributed by atoms with E-state index < -0.39 is 23.3 Å². The summed E-state index contributed by atoms with van der Waals surface area (Å²) in [7, 11) is 1.48. The van der Waals surface area contributed by atoms with Crippen molar-refractivity contribution in [3.63, 3.8) is 0 Å². The van der Waals surface area contributed by atoms with Gasteiger partial charge in [0.05, 0.1) is 5.56 Å². The molecule has 0 bridgehead atoms. The van der Waals surface area contributed by atoms with Crippen molar-refractivity contribution in [1.29, 1.82) is 0 Å². The van der Waals surface area contributed by atoms with E-state index in [1.807, 2.05) is 39.0 Å². The molecule has 2 saturated heterocycles. The van der Waals surface area contributed by atoms with E-state index in [-0.39, 0.29) is 55.3 Å². The van der Waals surface area contributed by atoms with Crippen LogP contribution in [0, 0.1) is 11.7 Å². The summed E-state index contributed by atoms with van der Waals surface area (Å²) in [5.74, 6) is -2.10. The van der Waals surface area contributed by atoms with Crippen molar-refractivity contribution in [3.8, 4) is 0 Å². The number of nitrogens with zero attached hydrogens (tertiary/aromatic N) is 3. The number of halogens is 1. The van der Waals surface area contributed by atoms with E-state index >= 15 is 0 Å².